The van der Waals surface area contributed by atoms with Crippen LogP contribution in [0.3, 0.4) is 0 Å². The summed E-state index contributed by atoms with van der Waals surface area (Å²) in [5.41, 5.74) is 3.73. The van der Waals surface area contributed by atoms with Crippen molar-refractivity contribution in [3.05, 3.63) is 59.2 Å². The van der Waals surface area contributed by atoms with Crippen LogP contribution < -0.4 is 10.2 Å². The number of Topliss-reactive ketones (excluding diaryl/α,β-unsaturated/α-hetero) is 1. The first-order valence-electron chi connectivity index (χ1n) is 9.30. The zero-order valence-corrected chi connectivity index (χ0v) is 16.4. The molecule has 1 aliphatic rings. The van der Waals surface area contributed by atoms with Gasteiger partial charge in [0.1, 0.15) is 6.54 Å². The molecular weight excluding hydrogens is 372 g/mol. The first-order chi connectivity index (χ1) is 13.8. The number of carbonyl (C=O) groups excluding carboxylic acids is 4. The molecule has 0 aliphatic carbocycles. The number of anilines is 2. The van der Waals surface area contributed by atoms with Crippen molar-refractivity contribution < 1.29 is 23.9 Å². The minimum atomic E-state index is -0.634. The molecule has 2 aromatic rings. The van der Waals surface area contributed by atoms with Crippen LogP contribution in [0.1, 0.15) is 34.3 Å². The van der Waals surface area contributed by atoms with E-state index in [0.717, 1.165) is 11.1 Å². The van der Waals surface area contributed by atoms with Crippen LogP contribution in [0.4, 0.5) is 11.4 Å². The number of aryl methyl sites for hydroxylation is 2. The highest BCUT2D eigenvalue weighted by molar-refractivity contribution is 6.10. The van der Waals surface area contributed by atoms with E-state index in [2.05, 4.69) is 5.32 Å². The Hall–Kier alpha value is -3.48. The summed E-state index contributed by atoms with van der Waals surface area (Å²) >= 11 is 0. The van der Waals surface area contributed by atoms with E-state index < -0.39 is 18.5 Å². The van der Waals surface area contributed by atoms with Gasteiger partial charge in [-0.05, 0) is 43.2 Å². The lowest BCUT2D eigenvalue weighted by molar-refractivity contribution is -0.147. The number of hydrogen-bond acceptors (Lipinski definition) is 5. The van der Waals surface area contributed by atoms with Gasteiger partial charge in [-0.25, -0.2) is 0 Å². The van der Waals surface area contributed by atoms with Crippen LogP contribution in [0.5, 0.6) is 0 Å². The summed E-state index contributed by atoms with van der Waals surface area (Å²) in [5, 5.41) is 2.69. The van der Waals surface area contributed by atoms with E-state index in [1.807, 2.05) is 19.9 Å². The number of fused-ring (bicyclic) bond motifs is 1. The SMILES string of the molecule is Cc1ccc(C(=O)CCC(=O)OCC(=O)N2CC(=O)Nc3ccccc32)cc1C. The molecule has 1 heterocycles. The Morgan fingerprint density at radius 2 is 1.79 bits per heavy atom. The maximum atomic E-state index is 12.4. The Bertz CT molecular complexity index is 983. The summed E-state index contributed by atoms with van der Waals surface area (Å²) in [4.78, 5) is 49.7. The molecule has 0 saturated carbocycles. The van der Waals surface area contributed by atoms with Crippen LogP contribution in [0, 0.1) is 13.8 Å². The van der Waals surface area contributed by atoms with Gasteiger partial charge in [0.25, 0.3) is 5.91 Å². The topological polar surface area (TPSA) is 92.8 Å². The number of ketones is 1. The summed E-state index contributed by atoms with van der Waals surface area (Å²) in [6.45, 7) is 3.25. The molecule has 0 unspecified atom stereocenters. The fraction of sp³-hybridized carbons (Fsp3) is 0.273. The summed E-state index contributed by atoms with van der Waals surface area (Å²) in [5.74, 6) is -1.60. The predicted molar refractivity (Wildman–Crippen MR) is 108 cm³/mol. The average molecular weight is 394 g/mol. The Morgan fingerprint density at radius 3 is 2.55 bits per heavy atom. The number of esters is 1. The second-order valence-corrected chi connectivity index (χ2v) is 6.93. The first kappa shape index (κ1) is 20.3. The minimum Gasteiger partial charge on any atom is -0.456 e. The van der Waals surface area contributed by atoms with E-state index in [9.17, 15) is 19.2 Å². The lowest BCUT2D eigenvalue weighted by atomic mass is 10.0. The molecule has 1 aliphatic heterocycles. The molecular formula is C22H22N2O5. The molecule has 7 heteroatoms. The van der Waals surface area contributed by atoms with Gasteiger partial charge < -0.3 is 10.1 Å². The molecule has 0 bridgehead atoms. The Kier molecular flexibility index (Phi) is 6.07. The average Bonchev–Trinajstić information content (AvgIpc) is 2.71. The number of benzene rings is 2. The van der Waals surface area contributed by atoms with Crippen molar-refractivity contribution in [2.45, 2.75) is 26.7 Å². The largest absolute Gasteiger partial charge is 0.456 e. The van der Waals surface area contributed by atoms with Crippen LogP contribution in [0.25, 0.3) is 0 Å². The molecule has 1 N–H and O–H groups in total. The van der Waals surface area contributed by atoms with E-state index in [-0.39, 0.29) is 31.1 Å². The van der Waals surface area contributed by atoms with Crippen molar-refractivity contribution in [2.24, 2.45) is 0 Å². The third-order valence-corrected chi connectivity index (χ3v) is 4.81. The van der Waals surface area contributed by atoms with Gasteiger partial charge in [0, 0.05) is 12.0 Å². The molecule has 0 aromatic heterocycles. The minimum absolute atomic E-state index is 0.00444. The molecule has 0 saturated heterocycles. The molecule has 29 heavy (non-hydrogen) atoms. The number of para-hydroxylation sites is 2. The zero-order valence-electron chi connectivity index (χ0n) is 16.4. The normalized spacial score (nSPS) is 12.8. The molecule has 0 radical (unpaired) electrons. The highest BCUT2D eigenvalue weighted by Gasteiger charge is 2.27. The predicted octanol–water partition coefficient (Wildman–Crippen LogP) is 2.79. The second-order valence-electron chi connectivity index (χ2n) is 6.93. The third-order valence-electron chi connectivity index (χ3n) is 4.81. The highest BCUT2D eigenvalue weighted by atomic mass is 16.5. The molecule has 2 amide bonds. The van der Waals surface area contributed by atoms with Gasteiger partial charge in [0.15, 0.2) is 12.4 Å². The Labute approximate surface area is 168 Å². The van der Waals surface area contributed by atoms with E-state index in [1.54, 1.807) is 36.4 Å². The third kappa shape index (κ3) is 4.87. The van der Waals surface area contributed by atoms with Crippen LogP contribution in [0.15, 0.2) is 42.5 Å². The van der Waals surface area contributed by atoms with Crippen LogP contribution in [-0.2, 0) is 19.1 Å². The summed E-state index contributed by atoms with van der Waals surface area (Å²) in [7, 11) is 0. The van der Waals surface area contributed by atoms with Gasteiger partial charge in [-0.3, -0.25) is 24.1 Å². The molecule has 150 valence electrons. The fourth-order valence-corrected chi connectivity index (χ4v) is 3.02. The maximum Gasteiger partial charge on any atom is 0.306 e. The molecule has 0 spiro atoms. The molecule has 2 aromatic carbocycles. The van der Waals surface area contributed by atoms with Gasteiger partial charge in [-0.15, -0.1) is 0 Å². The standard InChI is InChI=1S/C22H22N2O5/c1-14-7-8-16(11-15(14)2)19(25)9-10-22(28)29-13-21(27)24-12-20(26)23-17-5-3-4-6-18(17)24/h3-8,11H,9-10,12-13H2,1-2H3,(H,23,26). The molecule has 0 fully saturated rings. The summed E-state index contributed by atoms with van der Waals surface area (Å²) in [6.07, 6.45) is -0.111. The van der Waals surface area contributed by atoms with Crippen molar-refractivity contribution in [1.29, 1.82) is 0 Å². The van der Waals surface area contributed by atoms with Crippen LogP contribution in [0.2, 0.25) is 0 Å². The fourth-order valence-electron chi connectivity index (χ4n) is 3.02. The Balaban J connectivity index is 1.52. The van der Waals surface area contributed by atoms with Gasteiger partial charge in [0.05, 0.1) is 17.8 Å². The molecule has 0 atom stereocenters. The lowest BCUT2D eigenvalue weighted by Gasteiger charge is -2.28. The van der Waals surface area contributed by atoms with Crippen LogP contribution in [-0.4, -0.2) is 36.7 Å². The number of nitrogens with one attached hydrogen (secondary N) is 1. The van der Waals surface area contributed by atoms with Crippen molar-refractivity contribution in [3.8, 4) is 0 Å². The quantitative estimate of drug-likeness (QED) is 0.601. The van der Waals surface area contributed by atoms with Gasteiger partial charge in [-0.2, -0.15) is 0 Å². The smallest absolute Gasteiger partial charge is 0.306 e. The van der Waals surface area contributed by atoms with E-state index in [4.69, 9.17) is 4.74 Å². The van der Waals surface area contributed by atoms with E-state index in [0.29, 0.717) is 16.9 Å². The first-order valence-corrected chi connectivity index (χ1v) is 9.30. The number of rotatable bonds is 6. The van der Waals surface area contributed by atoms with Crippen molar-refractivity contribution >= 4 is 34.9 Å². The van der Waals surface area contributed by atoms with Crippen molar-refractivity contribution in [2.75, 3.05) is 23.4 Å². The second kappa shape index (κ2) is 8.68. The van der Waals surface area contributed by atoms with Gasteiger partial charge >= 0.3 is 5.97 Å². The zero-order chi connectivity index (χ0) is 21.0. The van der Waals surface area contributed by atoms with E-state index in [1.165, 1.54) is 4.90 Å². The lowest BCUT2D eigenvalue weighted by Crippen LogP contribution is -2.44. The highest BCUT2D eigenvalue weighted by Crippen LogP contribution is 2.28. The number of hydrogen-bond donors (Lipinski definition) is 1. The van der Waals surface area contributed by atoms with Crippen molar-refractivity contribution in [1.82, 2.24) is 0 Å². The van der Waals surface area contributed by atoms with E-state index >= 15 is 0 Å². The molecule has 7 nitrogen and oxygen atoms in total. The van der Waals surface area contributed by atoms with Gasteiger partial charge in [-0.1, -0.05) is 24.3 Å². The van der Waals surface area contributed by atoms with Crippen LogP contribution >= 0.6 is 0 Å². The number of nitrogens with zero attached hydrogens (tertiary/aromatic N) is 1. The number of carbonyl (C=O) groups is 4. The number of ether oxygens (including phenoxy) is 1. The Morgan fingerprint density at radius 1 is 1.03 bits per heavy atom. The monoisotopic (exact) mass is 394 g/mol. The summed E-state index contributed by atoms with van der Waals surface area (Å²) in [6, 6.07) is 12.3. The van der Waals surface area contributed by atoms with Gasteiger partial charge in [0.2, 0.25) is 5.91 Å². The maximum absolute atomic E-state index is 12.4. The van der Waals surface area contributed by atoms with Crippen molar-refractivity contribution in [3.63, 3.8) is 0 Å². The molecule has 3 rings (SSSR count). The number of amides is 2. The summed E-state index contributed by atoms with van der Waals surface area (Å²) < 4.78 is 5.02.